The van der Waals surface area contributed by atoms with Crippen molar-refractivity contribution in [3.8, 4) is 0 Å². The standard InChI is InChI=1S/C24H31FN4O3S/c1-27-14-16-28(17-15-27)23-8-6-22(7-9-23)26-24(30)20-10-12-29(13-11-20)33(31,32)18-19-2-4-21(25)5-3-19/h2-9,20H,10-18H2,1H3,(H,26,30). The number of benzene rings is 2. The quantitative estimate of drug-likeness (QED) is 0.697. The third-order valence-corrected chi connectivity index (χ3v) is 8.33. The Kier molecular flexibility index (Phi) is 7.31. The average molecular weight is 475 g/mol. The largest absolute Gasteiger partial charge is 0.369 e. The van der Waals surface area contributed by atoms with Gasteiger partial charge in [-0.2, -0.15) is 0 Å². The molecule has 0 atom stereocenters. The van der Waals surface area contributed by atoms with Crippen molar-refractivity contribution in [3.05, 3.63) is 59.9 Å². The summed E-state index contributed by atoms with van der Waals surface area (Å²) in [5.41, 5.74) is 2.46. The molecule has 178 valence electrons. The minimum atomic E-state index is -3.50. The third kappa shape index (κ3) is 6.10. The van der Waals surface area contributed by atoms with Gasteiger partial charge in [-0.1, -0.05) is 12.1 Å². The monoisotopic (exact) mass is 474 g/mol. The van der Waals surface area contributed by atoms with Crippen LogP contribution in [0.1, 0.15) is 18.4 Å². The van der Waals surface area contributed by atoms with Gasteiger partial charge in [0.05, 0.1) is 5.75 Å². The lowest BCUT2D eigenvalue weighted by molar-refractivity contribution is -0.120. The van der Waals surface area contributed by atoms with Crippen LogP contribution in [0.4, 0.5) is 15.8 Å². The van der Waals surface area contributed by atoms with E-state index in [1.54, 1.807) is 0 Å². The van der Waals surface area contributed by atoms with E-state index in [2.05, 4.69) is 22.2 Å². The summed E-state index contributed by atoms with van der Waals surface area (Å²) in [6.07, 6.45) is 0.960. The number of nitrogens with one attached hydrogen (secondary N) is 1. The zero-order valence-electron chi connectivity index (χ0n) is 18.9. The van der Waals surface area contributed by atoms with E-state index >= 15 is 0 Å². The number of carbonyl (C=O) groups excluding carboxylic acids is 1. The molecule has 0 spiro atoms. The van der Waals surface area contributed by atoms with Crippen LogP contribution in [-0.2, 0) is 20.6 Å². The molecule has 9 heteroatoms. The van der Waals surface area contributed by atoms with Gasteiger partial charge < -0.3 is 15.1 Å². The number of nitrogens with zero attached hydrogens (tertiary/aromatic N) is 3. The molecule has 0 saturated carbocycles. The molecule has 2 aliphatic rings. The highest BCUT2D eigenvalue weighted by Gasteiger charge is 2.31. The molecule has 33 heavy (non-hydrogen) atoms. The van der Waals surface area contributed by atoms with Gasteiger partial charge in [0.25, 0.3) is 0 Å². The van der Waals surface area contributed by atoms with Crippen LogP contribution in [0.15, 0.2) is 48.5 Å². The Morgan fingerprint density at radius 2 is 1.55 bits per heavy atom. The van der Waals surface area contributed by atoms with E-state index in [-0.39, 0.29) is 17.6 Å². The lowest BCUT2D eigenvalue weighted by atomic mass is 9.97. The second-order valence-corrected chi connectivity index (χ2v) is 10.9. The summed E-state index contributed by atoms with van der Waals surface area (Å²) < 4.78 is 39.9. The summed E-state index contributed by atoms with van der Waals surface area (Å²) in [6, 6.07) is 13.4. The predicted octanol–water partition coefficient (Wildman–Crippen LogP) is 2.76. The summed E-state index contributed by atoms with van der Waals surface area (Å²) in [4.78, 5) is 17.4. The van der Waals surface area contributed by atoms with Crippen molar-refractivity contribution in [1.29, 1.82) is 0 Å². The lowest BCUT2D eigenvalue weighted by Gasteiger charge is -2.34. The number of halogens is 1. The van der Waals surface area contributed by atoms with E-state index < -0.39 is 15.8 Å². The highest BCUT2D eigenvalue weighted by molar-refractivity contribution is 7.88. The predicted molar refractivity (Wildman–Crippen MR) is 128 cm³/mol. The molecule has 2 saturated heterocycles. The first kappa shape index (κ1) is 23.7. The Morgan fingerprint density at radius 1 is 0.939 bits per heavy atom. The molecule has 2 heterocycles. The van der Waals surface area contributed by atoms with E-state index in [0.717, 1.165) is 37.6 Å². The van der Waals surface area contributed by atoms with Gasteiger partial charge in [0.15, 0.2) is 0 Å². The van der Waals surface area contributed by atoms with E-state index in [0.29, 0.717) is 31.5 Å². The van der Waals surface area contributed by atoms with Gasteiger partial charge in [-0.05, 0) is 61.9 Å². The van der Waals surface area contributed by atoms with E-state index in [1.165, 1.54) is 28.6 Å². The van der Waals surface area contributed by atoms with Gasteiger partial charge in [0.1, 0.15) is 5.82 Å². The topological polar surface area (TPSA) is 73.0 Å². The number of carbonyl (C=O) groups is 1. The fourth-order valence-electron chi connectivity index (χ4n) is 4.34. The number of likely N-dealkylation sites (N-methyl/N-ethyl adjacent to an activating group) is 1. The number of hydrogen-bond donors (Lipinski definition) is 1. The van der Waals surface area contributed by atoms with Crippen LogP contribution in [0.5, 0.6) is 0 Å². The maximum Gasteiger partial charge on any atom is 0.227 e. The maximum atomic E-state index is 13.1. The molecule has 2 aromatic carbocycles. The van der Waals surface area contributed by atoms with Gasteiger partial charge in [-0.15, -0.1) is 0 Å². The number of sulfonamides is 1. The Balaban J connectivity index is 1.27. The molecule has 0 aromatic heterocycles. The van der Waals surface area contributed by atoms with Crippen molar-refractivity contribution in [2.45, 2.75) is 18.6 Å². The molecule has 0 aliphatic carbocycles. The Morgan fingerprint density at radius 3 is 2.15 bits per heavy atom. The molecule has 1 amide bonds. The molecule has 2 fully saturated rings. The number of piperidine rings is 1. The molecule has 1 N–H and O–H groups in total. The number of piperazine rings is 1. The smallest absolute Gasteiger partial charge is 0.227 e. The number of anilines is 2. The first-order valence-electron chi connectivity index (χ1n) is 11.4. The SMILES string of the molecule is CN1CCN(c2ccc(NC(=O)C3CCN(S(=O)(=O)Cc4ccc(F)cc4)CC3)cc2)CC1. The van der Waals surface area contributed by atoms with Crippen LogP contribution in [0.25, 0.3) is 0 Å². The van der Waals surface area contributed by atoms with Crippen LogP contribution >= 0.6 is 0 Å². The first-order valence-corrected chi connectivity index (χ1v) is 13.0. The van der Waals surface area contributed by atoms with Crippen molar-refractivity contribution >= 4 is 27.3 Å². The van der Waals surface area contributed by atoms with Crippen LogP contribution in [0, 0.1) is 11.7 Å². The second-order valence-electron chi connectivity index (χ2n) is 8.88. The van der Waals surface area contributed by atoms with Crippen LogP contribution in [0.2, 0.25) is 0 Å². The van der Waals surface area contributed by atoms with Gasteiger partial charge >= 0.3 is 0 Å². The highest BCUT2D eigenvalue weighted by atomic mass is 32.2. The number of amides is 1. The molecular weight excluding hydrogens is 443 g/mol. The maximum absolute atomic E-state index is 13.1. The van der Waals surface area contributed by atoms with Crippen molar-refractivity contribution in [2.24, 2.45) is 5.92 Å². The third-order valence-electron chi connectivity index (χ3n) is 6.48. The second kappa shape index (κ2) is 10.2. The van der Waals surface area contributed by atoms with E-state index in [4.69, 9.17) is 0 Å². The Hall–Kier alpha value is -2.49. The fourth-order valence-corrected chi connectivity index (χ4v) is 5.91. The normalized spacial score (nSPS) is 18.9. The summed E-state index contributed by atoms with van der Waals surface area (Å²) in [5.74, 6) is -0.849. The zero-order chi connectivity index (χ0) is 23.4. The van der Waals surface area contributed by atoms with Crippen molar-refractivity contribution in [3.63, 3.8) is 0 Å². The van der Waals surface area contributed by atoms with Crippen molar-refractivity contribution < 1.29 is 17.6 Å². The van der Waals surface area contributed by atoms with Crippen LogP contribution < -0.4 is 10.2 Å². The highest BCUT2D eigenvalue weighted by Crippen LogP contribution is 2.24. The fraction of sp³-hybridized carbons (Fsp3) is 0.458. The zero-order valence-corrected chi connectivity index (χ0v) is 19.7. The number of rotatable bonds is 6. The minimum Gasteiger partial charge on any atom is -0.369 e. The van der Waals surface area contributed by atoms with Gasteiger partial charge in [-0.3, -0.25) is 4.79 Å². The van der Waals surface area contributed by atoms with Crippen LogP contribution in [0.3, 0.4) is 0 Å². The summed E-state index contributed by atoms with van der Waals surface area (Å²) in [6.45, 7) is 4.68. The van der Waals surface area contributed by atoms with Gasteiger partial charge in [0.2, 0.25) is 15.9 Å². The van der Waals surface area contributed by atoms with Crippen molar-refractivity contribution in [1.82, 2.24) is 9.21 Å². The molecule has 0 unspecified atom stereocenters. The van der Waals surface area contributed by atoms with Crippen molar-refractivity contribution in [2.75, 3.05) is 56.5 Å². The van der Waals surface area contributed by atoms with E-state index in [1.807, 2.05) is 24.3 Å². The van der Waals surface area contributed by atoms with E-state index in [9.17, 15) is 17.6 Å². The molecule has 4 rings (SSSR count). The molecule has 2 aromatic rings. The van der Waals surface area contributed by atoms with Crippen LogP contribution in [-0.4, -0.2) is 69.8 Å². The Bertz CT molecular complexity index is 1040. The minimum absolute atomic E-state index is 0.0714. The summed E-state index contributed by atoms with van der Waals surface area (Å²) in [7, 11) is -1.38. The molecule has 2 aliphatic heterocycles. The molecule has 0 radical (unpaired) electrons. The summed E-state index contributed by atoms with van der Waals surface area (Å²) in [5, 5.41) is 2.98. The average Bonchev–Trinajstić information content (AvgIpc) is 2.82. The Labute approximate surface area is 195 Å². The first-order chi connectivity index (χ1) is 15.8. The summed E-state index contributed by atoms with van der Waals surface area (Å²) >= 11 is 0. The molecule has 7 nitrogen and oxygen atoms in total. The lowest BCUT2D eigenvalue weighted by Crippen LogP contribution is -2.44. The molecular formula is C24H31FN4O3S. The number of hydrogen-bond acceptors (Lipinski definition) is 5. The molecule has 0 bridgehead atoms. The van der Waals surface area contributed by atoms with Gasteiger partial charge in [0, 0.05) is 56.6 Å². The van der Waals surface area contributed by atoms with Gasteiger partial charge in [-0.25, -0.2) is 17.1 Å².